The zero-order valence-electron chi connectivity index (χ0n) is 11.8. The molecule has 2 saturated carbocycles. The Bertz CT molecular complexity index is 417. The fourth-order valence-corrected chi connectivity index (χ4v) is 2.77. The Labute approximate surface area is 115 Å². The Kier molecular flexibility index (Phi) is 4.02. The Morgan fingerprint density at radius 2 is 2.05 bits per heavy atom. The van der Waals surface area contributed by atoms with Crippen molar-refractivity contribution in [1.82, 2.24) is 10.3 Å². The minimum atomic E-state index is 0.355. The zero-order chi connectivity index (χ0) is 13.1. The first kappa shape index (κ1) is 12.9. The largest absolute Gasteiger partial charge is 0.474 e. The molecule has 2 unspecified atom stereocenters. The second kappa shape index (κ2) is 5.91. The van der Waals surface area contributed by atoms with Gasteiger partial charge in [0.2, 0.25) is 5.88 Å². The molecule has 2 atom stereocenters. The van der Waals surface area contributed by atoms with E-state index in [0.717, 1.165) is 24.2 Å². The summed E-state index contributed by atoms with van der Waals surface area (Å²) in [6.07, 6.45) is 8.08. The van der Waals surface area contributed by atoms with Crippen molar-refractivity contribution in [3.63, 3.8) is 0 Å². The molecule has 2 aliphatic rings. The summed E-state index contributed by atoms with van der Waals surface area (Å²) in [6.45, 7) is 3.16. The molecular formula is C16H24N2O. The van der Waals surface area contributed by atoms with Crippen molar-refractivity contribution in [2.24, 2.45) is 5.92 Å². The SMILES string of the molecule is CC1CCCCC1Oc1cccc(CNC2CC2)n1. The van der Waals surface area contributed by atoms with E-state index in [1.165, 1.54) is 38.5 Å². The van der Waals surface area contributed by atoms with Crippen molar-refractivity contribution in [3.05, 3.63) is 23.9 Å². The minimum absolute atomic E-state index is 0.355. The first-order valence-corrected chi connectivity index (χ1v) is 7.67. The molecule has 2 fully saturated rings. The molecule has 0 radical (unpaired) electrons. The molecule has 0 spiro atoms. The highest BCUT2D eigenvalue weighted by Crippen LogP contribution is 2.27. The van der Waals surface area contributed by atoms with Crippen LogP contribution >= 0.6 is 0 Å². The summed E-state index contributed by atoms with van der Waals surface area (Å²) < 4.78 is 6.09. The fraction of sp³-hybridized carbons (Fsp3) is 0.688. The van der Waals surface area contributed by atoms with Gasteiger partial charge in [-0.25, -0.2) is 4.98 Å². The molecule has 0 saturated heterocycles. The third-order valence-corrected chi connectivity index (χ3v) is 4.24. The number of aromatic nitrogens is 1. The standard InChI is InChI=1S/C16H24N2O/c1-12-5-2-3-7-15(12)19-16-8-4-6-14(18-16)11-17-13-9-10-13/h4,6,8,12-13,15,17H,2-3,5,7,9-11H2,1H3. The molecule has 0 amide bonds. The van der Waals surface area contributed by atoms with Gasteiger partial charge in [0.05, 0.1) is 5.69 Å². The maximum Gasteiger partial charge on any atom is 0.213 e. The molecule has 104 valence electrons. The van der Waals surface area contributed by atoms with Crippen molar-refractivity contribution in [3.8, 4) is 5.88 Å². The van der Waals surface area contributed by atoms with Gasteiger partial charge in [0.1, 0.15) is 6.10 Å². The third-order valence-electron chi connectivity index (χ3n) is 4.24. The second-order valence-corrected chi connectivity index (χ2v) is 6.04. The van der Waals surface area contributed by atoms with Crippen LogP contribution in [0.2, 0.25) is 0 Å². The van der Waals surface area contributed by atoms with Crippen molar-refractivity contribution in [2.75, 3.05) is 0 Å². The predicted octanol–water partition coefficient (Wildman–Crippen LogP) is 3.29. The number of ether oxygens (including phenoxy) is 1. The molecule has 1 N–H and O–H groups in total. The van der Waals surface area contributed by atoms with E-state index >= 15 is 0 Å². The van der Waals surface area contributed by atoms with Crippen molar-refractivity contribution in [2.45, 2.75) is 64.1 Å². The molecule has 0 bridgehead atoms. The van der Waals surface area contributed by atoms with E-state index in [1.54, 1.807) is 0 Å². The number of nitrogens with zero attached hydrogens (tertiary/aromatic N) is 1. The monoisotopic (exact) mass is 260 g/mol. The molecule has 1 aromatic heterocycles. The van der Waals surface area contributed by atoms with Crippen LogP contribution < -0.4 is 10.1 Å². The smallest absolute Gasteiger partial charge is 0.213 e. The van der Waals surface area contributed by atoms with Gasteiger partial charge in [0.15, 0.2) is 0 Å². The lowest BCUT2D eigenvalue weighted by Crippen LogP contribution is -2.28. The molecule has 3 heteroatoms. The number of rotatable bonds is 5. The highest BCUT2D eigenvalue weighted by atomic mass is 16.5. The Morgan fingerprint density at radius 1 is 1.21 bits per heavy atom. The minimum Gasteiger partial charge on any atom is -0.474 e. The summed E-state index contributed by atoms with van der Waals surface area (Å²) >= 11 is 0. The van der Waals surface area contributed by atoms with Crippen LogP contribution in [0.4, 0.5) is 0 Å². The number of hydrogen-bond acceptors (Lipinski definition) is 3. The van der Waals surface area contributed by atoms with Gasteiger partial charge < -0.3 is 10.1 Å². The molecule has 3 rings (SSSR count). The number of pyridine rings is 1. The lowest BCUT2D eigenvalue weighted by Gasteiger charge is -2.28. The summed E-state index contributed by atoms with van der Waals surface area (Å²) in [5, 5.41) is 3.49. The van der Waals surface area contributed by atoms with E-state index in [4.69, 9.17) is 4.74 Å². The summed E-state index contributed by atoms with van der Waals surface area (Å²) in [7, 11) is 0. The lowest BCUT2D eigenvalue weighted by atomic mass is 9.88. The van der Waals surface area contributed by atoms with Crippen LogP contribution in [0.25, 0.3) is 0 Å². The summed E-state index contributed by atoms with van der Waals surface area (Å²) in [6, 6.07) is 6.85. The van der Waals surface area contributed by atoms with E-state index in [1.807, 2.05) is 6.07 Å². The van der Waals surface area contributed by atoms with E-state index in [-0.39, 0.29) is 0 Å². The quantitative estimate of drug-likeness (QED) is 0.882. The maximum atomic E-state index is 6.09. The first-order chi connectivity index (χ1) is 9.31. The molecule has 0 aliphatic heterocycles. The van der Waals surface area contributed by atoms with Gasteiger partial charge in [-0.3, -0.25) is 0 Å². The van der Waals surface area contributed by atoms with Gasteiger partial charge in [-0.2, -0.15) is 0 Å². The van der Waals surface area contributed by atoms with Crippen LogP contribution in [0.5, 0.6) is 5.88 Å². The summed E-state index contributed by atoms with van der Waals surface area (Å²) in [5.74, 6) is 1.46. The van der Waals surface area contributed by atoms with E-state index < -0.39 is 0 Å². The normalized spacial score (nSPS) is 27.2. The van der Waals surface area contributed by atoms with E-state index in [2.05, 4.69) is 29.4 Å². The molecule has 1 aromatic rings. The summed E-state index contributed by atoms with van der Waals surface area (Å²) in [5.41, 5.74) is 1.09. The zero-order valence-corrected chi connectivity index (χ0v) is 11.8. The lowest BCUT2D eigenvalue weighted by molar-refractivity contribution is 0.0973. The van der Waals surface area contributed by atoms with Gasteiger partial charge in [-0.05, 0) is 44.1 Å². The van der Waals surface area contributed by atoms with E-state index in [9.17, 15) is 0 Å². The molecule has 2 aliphatic carbocycles. The van der Waals surface area contributed by atoms with Crippen LogP contribution in [0.1, 0.15) is 51.1 Å². The highest BCUT2D eigenvalue weighted by Gasteiger charge is 2.23. The van der Waals surface area contributed by atoms with Gasteiger partial charge in [-0.15, -0.1) is 0 Å². The fourth-order valence-electron chi connectivity index (χ4n) is 2.77. The van der Waals surface area contributed by atoms with E-state index in [0.29, 0.717) is 12.0 Å². The van der Waals surface area contributed by atoms with Crippen LogP contribution in [-0.4, -0.2) is 17.1 Å². The van der Waals surface area contributed by atoms with Crippen LogP contribution in [0.3, 0.4) is 0 Å². The van der Waals surface area contributed by atoms with Crippen molar-refractivity contribution in [1.29, 1.82) is 0 Å². The van der Waals surface area contributed by atoms with Gasteiger partial charge in [0.25, 0.3) is 0 Å². The second-order valence-electron chi connectivity index (χ2n) is 6.04. The predicted molar refractivity (Wildman–Crippen MR) is 76.1 cm³/mol. The topological polar surface area (TPSA) is 34.1 Å². The molecule has 19 heavy (non-hydrogen) atoms. The molecule has 1 heterocycles. The van der Waals surface area contributed by atoms with Crippen LogP contribution in [0, 0.1) is 5.92 Å². The third kappa shape index (κ3) is 3.69. The van der Waals surface area contributed by atoms with Crippen molar-refractivity contribution >= 4 is 0 Å². The summed E-state index contributed by atoms with van der Waals surface area (Å²) in [4.78, 5) is 4.62. The Morgan fingerprint density at radius 3 is 2.84 bits per heavy atom. The molecule has 0 aromatic carbocycles. The van der Waals surface area contributed by atoms with Gasteiger partial charge in [-0.1, -0.05) is 19.4 Å². The Hall–Kier alpha value is -1.09. The first-order valence-electron chi connectivity index (χ1n) is 7.67. The molecule has 3 nitrogen and oxygen atoms in total. The molecular weight excluding hydrogens is 236 g/mol. The van der Waals surface area contributed by atoms with Gasteiger partial charge >= 0.3 is 0 Å². The highest BCUT2D eigenvalue weighted by molar-refractivity contribution is 5.16. The van der Waals surface area contributed by atoms with Crippen molar-refractivity contribution < 1.29 is 4.74 Å². The average Bonchev–Trinajstić information content (AvgIpc) is 3.24. The Balaban J connectivity index is 1.58. The number of nitrogens with one attached hydrogen (secondary N) is 1. The van der Waals surface area contributed by atoms with Crippen LogP contribution in [-0.2, 0) is 6.54 Å². The average molecular weight is 260 g/mol. The maximum absolute atomic E-state index is 6.09. The van der Waals surface area contributed by atoms with Crippen LogP contribution in [0.15, 0.2) is 18.2 Å². The number of hydrogen-bond donors (Lipinski definition) is 1. The van der Waals surface area contributed by atoms with Gasteiger partial charge in [0, 0.05) is 18.7 Å².